The van der Waals surface area contributed by atoms with E-state index in [1.807, 2.05) is 61.5 Å². The highest BCUT2D eigenvalue weighted by Crippen LogP contribution is 2.30. The van der Waals surface area contributed by atoms with E-state index in [2.05, 4.69) is 10.3 Å². The molecule has 1 saturated heterocycles. The van der Waals surface area contributed by atoms with Crippen LogP contribution in [0.25, 0.3) is 11.5 Å². The van der Waals surface area contributed by atoms with E-state index in [-0.39, 0.29) is 12.5 Å². The van der Waals surface area contributed by atoms with E-state index in [0.717, 1.165) is 16.7 Å². The summed E-state index contributed by atoms with van der Waals surface area (Å²) in [4.78, 5) is 31.0. The van der Waals surface area contributed by atoms with Gasteiger partial charge in [-0.3, -0.25) is 9.69 Å². The van der Waals surface area contributed by atoms with E-state index in [0.29, 0.717) is 11.6 Å². The fourth-order valence-corrected chi connectivity index (χ4v) is 3.18. The van der Waals surface area contributed by atoms with Crippen LogP contribution < -0.4 is 5.32 Å². The number of benzene rings is 2. The Morgan fingerprint density at radius 1 is 1.07 bits per heavy atom. The minimum atomic E-state index is -1.08. The van der Waals surface area contributed by atoms with Crippen molar-refractivity contribution in [1.82, 2.24) is 15.2 Å². The van der Waals surface area contributed by atoms with Crippen LogP contribution >= 0.6 is 0 Å². The Kier molecular flexibility index (Phi) is 4.03. The van der Waals surface area contributed by atoms with Crippen molar-refractivity contribution in [2.24, 2.45) is 0 Å². The number of rotatable bonds is 4. The molecule has 0 spiro atoms. The van der Waals surface area contributed by atoms with Crippen LogP contribution in [0.3, 0.4) is 0 Å². The van der Waals surface area contributed by atoms with Gasteiger partial charge in [-0.1, -0.05) is 48.0 Å². The number of aromatic nitrogens is 1. The van der Waals surface area contributed by atoms with Crippen molar-refractivity contribution >= 4 is 11.9 Å². The molecule has 0 aliphatic carbocycles. The molecule has 4 rings (SSSR count). The van der Waals surface area contributed by atoms with Crippen molar-refractivity contribution < 1.29 is 14.0 Å². The second-order valence-corrected chi connectivity index (χ2v) is 6.82. The standard InChI is InChI=1S/C21H19N3O3/c1-14-8-10-15(11-9-14)18-22-17(13-27-18)12-24-19(25)21(2,23-20(24)26)16-6-4-3-5-7-16/h3-11,13H,12H2,1-2H3,(H,23,26). The van der Waals surface area contributed by atoms with Gasteiger partial charge in [-0.2, -0.15) is 0 Å². The van der Waals surface area contributed by atoms with Crippen molar-refractivity contribution in [3.05, 3.63) is 77.7 Å². The van der Waals surface area contributed by atoms with Gasteiger partial charge in [0, 0.05) is 5.56 Å². The second-order valence-electron chi connectivity index (χ2n) is 6.82. The average molecular weight is 361 g/mol. The summed E-state index contributed by atoms with van der Waals surface area (Å²) < 4.78 is 5.53. The lowest BCUT2D eigenvalue weighted by Crippen LogP contribution is -2.40. The molecule has 1 aliphatic heterocycles. The molecule has 1 N–H and O–H groups in total. The van der Waals surface area contributed by atoms with Crippen molar-refractivity contribution in [1.29, 1.82) is 0 Å². The van der Waals surface area contributed by atoms with E-state index in [4.69, 9.17) is 4.42 Å². The molecule has 2 heterocycles. The van der Waals surface area contributed by atoms with E-state index in [1.54, 1.807) is 6.92 Å². The average Bonchev–Trinajstić information content (AvgIpc) is 3.23. The molecule has 6 heteroatoms. The normalized spacial score (nSPS) is 19.4. The Balaban J connectivity index is 1.56. The van der Waals surface area contributed by atoms with E-state index in [9.17, 15) is 9.59 Å². The first-order valence-electron chi connectivity index (χ1n) is 8.68. The zero-order valence-corrected chi connectivity index (χ0v) is 15.1. The summed E-state index contributed by atoms with van der Waals surface area (Å²) in [6.45, 7) is 3.78. The van der Waals surface area contributed by atoms with Gasteiger partial charge in [0.05, 0.1) is 12.2 Å². The highest BCUT2D eigenvalue weighted by Gasteiger charge is 2.49. The summed E-state index contributed by atoms with van der Waals surface area (Å²) in [5.74, 6) is 0.154. The summed E-state index contributed by atoms with van der Waals surface area (Å²) in [6, 6.07) is 16.6. The van der Waals surface area contributed by atoms with Crippen molar-refractivity contribution in [3.8, 4) is 11.5 Å². The fourth-order valence-electron chi connectivity index (χ4n) is 3.18. The Hall–Kier alpha value is -3.41. The maximum atomic E-state index is 12.9. The minimum absolute atomic E-state index is 0.0580. The van der Waals surface area contributed by atoms with Crippen LogP contribution in [0.2, 0.25) is 0 Å². The van der Waals surface area contributed by atoms with Gasteiger partial charge in [-0.15, -0.1) is 0 Å². The number of hydrogen-bond acceptors (Lipinski definition) is 4. The van der Waals surface area contributed by atoms with Crippen LogP contribution in [0.1, 0.15) is 23.7 Å². The number of urea groups is 1. The van der Waals surface area contributed by atoms with Crippen LogP contribution in [0.5, 0.6) is 0 Å². The first-order chi connectivity index (χ1) is 13.0. The molecular formula is C21H19N3O3. The lowest BCUT2D eigenvalue weighted by atomic mass is 9.92. The summed E-state index contributed by atoms with van der Waals surface area (Å²) in [5.41, 5.74) is 2.17. The molecule has 1 aromatic heterocycles. The van der Waals surface area contributed by atoms with Crippen LogP contribution in [0.4, 0.5) is 4.79 Å². The topological polar surface area (TPSA) is 75.4 Å². The number of amides is 3. The van der Waals surface area contributed by atoms with E-state index in [1.165, 1.54) is 11.2 Å². The molecule has 136 valence electrons. The summed E-state index contributed by atoms with van der Waals surface area (Å²) >= 11 is 0. The predicted molar refractivity (Wildman–Crippen MR) is 99.6 cm³/mol. The third-order valence-corrected chi connectivity index (χ3v) is 4.80. The van der Waals surface area contributed by atoms with Crippen molar-refractivity contribution in [2.75, 3.05) is 0 Å². The van der Waals surface area contributed by atoms with Gasteiger partial charge in [0.15, 0.2) is 0 Å². The molecule has 1 fully saturated rings. The minimum Gasteiger partial charge on any atom is -0.444 e. The molecule has 0 radical (unpaired) electrons. The third-order valence-electron chi connectivity index (χ3n) is 4.80. The Morgan fingerprint density at radius 3 is 2.48 bits per heavy atom. The van der Waals surface area contributed by atoms with Gasteiger partial charge in [-0.25, -0.2) is 9.78 Å². The number of carbonyl (C=O) groups is 2. The van der Waals surface area contributed by atoms with E-state index < -0.39 is 11.6 Å². The molecule has 0 saturated carbocycles. The SMILES string of the molecule is Cc1ccc(-c2nc(CN3C(=O)NC(C)(c4ccccc4)C3=O)co2)cc1. The molecule has 2 aromatic carbocycles. The number of nitrogens with zero attached hydrogens (tertiary/aromatic N) is 2. The maximum absolute atomic E-state index is 12.9. The summed E-state index contributed by atoms with van der Waals surface area (Å²) in [5, 5.41) is 2.79. The van der Waals surface area contributed by atoms with Crippen LogP contribution in [-0.2, 0) is 16.9 Å². The Bertz CT molecular complexity index is 995. The van der Waals surface area contributed by atoms with Crippen LogP contribution in [0.15, 0.2) is 65.3 Å². The molecule has 6 nitrogen and oxygen atoms in total. The quantitative estimate of drug-likeness (QED) is 0.720. The maximum Gasteiger partial charge on any atom is 0.325 e. The smallest absolute Gasteiger partial charge is 0.325 e. The lowest BCUT2D eigenvalue weighted by Gasteiger charge is -2.21. The Morgan fingerprint density at radius 2 is 1.78 bits per heavy atom. The highest BCUT2D eigenvalue weighted by molar-refractivity contribution is 6.07. The molecular weight excluding hydrogens is 342 g/mol. The zero-order chi connectivity index (χ0) is 19.0. The molecule has 27 heavy (non-hydrogen) atoms. The van der Waals surface area contributed by atoms with Crippen molar-refractivity contribution in [3.63, 3.8) is 0 Å². The van der Waals surface area contributed by atoms with Crippen molar-refractivity contribution in [2.45, 2.75) is 25.9 Å². The zero-order valence-electron chi connectivity index (χ0n) is 15.1. The molecule has 1 atom stereocenters. The second kappa shape index (κ2) is 6.39. The predicted octanol–water partition coefficient (Wildman–Crippen LogP) is 3.62. The lowest BCUT2D eigenvalue weighted by molar-refractivity contribution is -0.131. The molecule has 3 aromatic rings. The monoisotopic (exact) mass is 361 g/mol. The number of imide groups is 1. The molecule has 0 bridgehead atoms. The number of carbonyl (C=O) groups excluding carboxylic acids is 2. The third kappa shape index (κ3) is 2.99. The van der Waals surface area contributed by atoms with Gasteiger partial charge in [0.25, 0.3) is 5.91 Å². The Labute approximate surface area is 156 Å². The van der Waals surface area contributed by atoms with Gasteiger partial charge >= 0.3 is 6.03 Å². The van der Waals surface area contributed by atoms with Crippen LogP contribution in [0, 0.1) is 6.92 Å². The van der Waals surface area contributed by atoms with Gasteiger partial charge in [0.2, 0.25) is 5.89 Å². The molecule has 3 amide bonds. The van der Waals surface area contributed by atoms with Gasteiger partial charge in [0.1, 0.15) is 11.8 Å². The first-order valence-corrected chi connectivity index (χ1v) is 8.68. The van der Waals surface area contributed by atoms with Gasteiger partial charge in [-0.05, 0) is 31.5 Å². The molecule has 1 unspecified atom stereocenters. The highest BCUT2D eigenvalue weighted by atomic mass is 16.3. The largest absolute Gasteiger partial charge is 0.444 e. The summed E-state index contributed by atoms with van der Waals surface area (Å²) in [6.07, 6.45) is 1.48. The number of hydrogen-bond donors (Lipinski definition) is 1. The van der Waals surface area contributed by atoms with Gasteiger partial charge < -0.3 is 9.73 Å². The van der Waals surface area contributed by atoms with E-state index >= 15 is 0 Å². The first kappa shape index (κ1) is 17.0. The fraction of sp³-hybridized carbons (Fsp3) is 0.190. The number of aryl methyl sites for hydroxylation is 1. The number of nitrogens with one attached hydrogen (secondary N) is 1. The number of oxazole rings is 1. The summed E-state index contributed by atoms with van der Waals surface area (Å²) in [7, 11) is 0. The molecule has 1 aliphatic rings. The van der Waals surface area contributed by atoms with Crippen LogP contribution in [-0.4, -0.2) is 21.8 Å².